The van der Waals surface area contributed by atoms with Crippen LogP contribution < -0.4 is 0 Å². The second-order valence-electron chi connectivity index (χ2n) is 2.91. The van der Waals surface area contributed by atoms with Gasteiger partial charge in [-0.25, -0.2) is 5.53 Å². The molecule has 0 radical (unpaired) electrons. The molecule has 1 aromatic carbocycles. The topological polar surface area (TPSA) is 36.2 Å². The molecule has 0 bridgehead atoms. The van der Waals surface area contributed by atoms with Gasteiger partial charge in [-0.3, -0.25) is 0 Å². The van der Waals surface area contributed by atoms with Crippen molar-refractivity contribution in [2.75, 3.05) is 0 Å². The normalized spacial score (nSPS) is 9.42. The van der Waals surface area contributed by atoms with E-state index < -0.39 is 0 Å². The number of nitrogens with zero attached hydrogens (tertiary/aromatic N) is 1. The molecule has 1 rings (SSSR count). The first-order valence-corrected chi connectivity index (χ1v) is 3.83. The lowest BCUT2D eigenvalue weighted by Gasteiger charge is -1.99. The molecule has 0 aromatic heterocycles. The standard InChI is InChI=1S/C10H12N2/c1-8(2)7-9-3-5-10(12-11)6-4-9/h3-6,11H,1,7H2,2H3. The van der Waals surface area contributed by atoms with E-state index in [2.05, 4.69) is 11.7 Å². The minimum atomic E-state index is 0.695. The summed E-state index contributed by atoms with van der Waals surface area (Å²) in [4.78, 5) is 0. The van der Waals surface area contributed by atoms with Crippen LogP contribution in [0.3, 0.4) is 0 Å². The first-order valence-electron chi connectivity index (χ1n) is 3.83. The first-order chi connectivity index (χ1) is 5.72. The molecule has 0 amide bonds. The monoisotopic (exact) mass is 160 g/mol. The van der Waals surface area contributed by atoms with E-state index in [1.54, 1.807) is 0 Å². The fourth-order valence-corrected chi connectivity index (χ4v) is 1.04. The molecule has 0 heterocycles. The van der Waals surface area contributed by atoms with Crippen LogP contribution in [0.1, 0.15) is 12.5 Å². The van der Waals surface area contributed by atoms with Crippen LogP contribution in [0.25, 0.3) is 0 Å². The van der Waals surface area contributed by atoms with Crippen molar-refractivity contribution in [3.05, 3.63) is 42.0 Å². The maximum Gasteiger partial charge on any atom is 0.0850 e. The van der Waals surface area contributed by atoms with Crippen LogP contribution in [-0.4, -0.2) is 0 Å². The largest absolute Gasteiger partial charge is 0.204 e. The van der Waals surface area contributed by atoms with Crippen molar-refractivity contribution in [1.82, 2.24) is 0 Å². The average molecular weight is 160 g/mol. The predicted molar refractivity (Wildman–Crippen MR) is 49.8 cm³/mol. The highest BCUT2D eigenvalue weighted by molar-refractivity contribution is 5.38. The number of hydrogen-bond donors (Lipinski definition) is 1. The molecule has 0 saturated heterocycles. The van der Waals surface area contributed by atoms with Gasteiger partial charge in [0.1, 0.15) is 0 Å². The van der Waals surface area contributed by atoms with E-state index in [0.29, 0.717) is 5.69 Å². The van der Waals surface area contributed by atoms with Crippen molar-refractivity contribution >= 4 is 5.69 Å². The van der Waals surface area contributed by atoms with Crippen molar-refractivity contribution < 1.29 is 0 Å². The van der Waals surface area contributed by atoms with E-state index in [4.69, 9.17) is 5.53 Å². The van der Waals surface area contributed by atoms with Crippen LogP contribution in [0.5, 0.6) is 0 Å². The lowest BCUT2D eigenvalue weighted by atomic mass is 10.1. The Labute approximate surface area is 72.4 Å². The highest BCUT2D eigenvalue weighted by atomic mass is 14.9. The van der Waals surface area contributed by atoms with Gasteiger partial charge in [-0.15, -0.1) is 0 Å². The van der Waals surface area contributed by atoms with E-state index in [1.807, 2.05) is 31.2 Å². The van der Waals surface area contributed by atoms with Gasteiger partial charge in [-0.1, -0.05) is 24.3 Å². The lowest BCUT2D eigenvalue weighted by Crippen LogP contribution is -1.83. The Bertz CT molecular complexity index is 285. The van der Waals surface area contributed by atoms with E-state index in [0.717, 1.165) is 12.0 Å². The third-order valence-corrected chi connectivity index (χ3v) is 1.57. The van der Waals surface area contributed by atoms with Gasteiger partial charge >= 0.3 is 0 Å². The molecular formula is C10H12N2. The maximum absolute atomic E-state index is 6.76. The quantitative estimate of drug-likeness (QED) is 0.519. The van der Waals surface area contributed by atoms with Crippen LogP contribution >= 0.6 is 0 Å². The summed E-state index contributed by atoms with van der Waals surface area (Å²) < 4.78 is 0. The van der Waals surface area contributed by atoms with Crippen molar-refractivity contribution in [3.63, 3.8) is 0 Å². The van der Waals surface area contributed by atoms with E-state index in [9.17, 15) is 0 Å². The van der Waals surface area contributed by atoms with Gasteiger partial charge in [0, 0.05) is 0 Å². The van der Waals surface area contributed by atoms with Crippen LogP contribution in [0.4, 0.5) is 5.69 Å². The molecular weight excluding hydrogens is 148 g/mol. The first kappa shape index (κ1) is 8.65. The van der Waals surface area contributed by atoms with Crippen LogP contribution in [0, 0.1) is 5.53 Å². The highest BCUT2D eigenvalue weighted by Gasteiger charge is 1.93. The third-order valence-electron chi connectivity index (χ3n) is 1.57. The zero-order valence-corrected chi connectivity index (χ0v) is 7.17. The summed E-state index contributed by atoms with van der Waals surface area (Å²) >= 11 is 0. The fraction of sp³-hybridized carbons (Fsp3) is 0.200. The SMILES string of the molecule is C=C(C)Cc1ccc(N=N)cc1. The molecule has 2 heteroatoms. The van der Waals surface area contributed by atoms with Gasteiger partial charge in [0.2, 0.25) is 0 Å². The number of hydrogen-bond acceptors (Lipinski definition) is 2. The molecule has 1 N–H and O–H groups in total. The van der Waals surface area contributed by atoms with Crippen molar-refractivity contribution in [2.45, 2.75) is 13.3 Å². The summed E-state index contributed by atoms with van der Waals surface area (Å²) in [7, 11) is 0. The number of benzene rings is 1. The number of rotatable bonds is 3. The molecule has 0 saturated carbocycles. The summed E-state index contributed by atoms with van der Waals surface area (Å²) in [6.45, 7) is 5.84. The number of nitrogens with one attached hydrogen (secondary N) is 1. The molecule has 0 aliphatic carbocycles. The minimum absolute atomic E-state index is 0.695. The Morgan fingerprint density at radius 1 is 1.42 bits per heavy atom. The van der Waals surface area contributed by atoms with Crippen LogP contribution in [0.2, 0.25) is 0 Å². The molecule has 0 atom stereocenters. The van der Waals surface area contributed by atoms with Crippen molar-refractivity contribution in [3.8, 4) is 0 Å². The average Bonchev–Trinajstić information content (AvgIpc) is 2.05. The third kappa shape index (κ3) is 2.31. The Morgan fingerprint density at radius 3 is 2.42 bits per heavy atom. The molecule has 0 aliphatic rings. The Morgan fingerprint density at radius 2 is 2.00 bits per heavy atom. The predicted octanol–water partition coefficient (Wildman–Crippen LogP) is 3.47. The van der Waals surface area contributed by atoms with Crippen LogP contribution in [-0.2, 0) is 6.42 Å². The molecule has 0 fully saturated rings. The second-order valence-corrected chi connectivity index (χ2v) is 2.91. The van der Waals surface area contributed by atoms with Gasteiger partial charge in [-0.2, -0.15) is 5.11 Å². The fourth-order valence-electron chi connectivity index (χ4n) is 1.04. The zero-order chi connectivity index (χ0) is 8.97. The lowest BCUT2D eigenvalue weighted by molar-refractivity contribution is 1.13. The minimum Gasteiger partial charge on any atom is -0.204 e. The summed E-state index contributed by atoms with van der Waals surface area (Å²) in [5.74, 6) is 0. The second kappa shape index (κ2) is 3.81. The van der Waals surface area contributed by atoms with Crippen molar-refractivity contribution in [2.24, 2.45) is 5.11 Å². The molecule has 1 aromatic rings. The Balaban J connectivity index is 2.77. The number of allylic oxidation sites excluding steroid dienone is 1. The van der Waals surface area contributed by atoms with Gasteiger partial charge in [0.05, 0.1) is 5.69 Å². The Kier molecular flexibility index (Phi) is 2.75. The molecule has 12 heavy (non-hydrogen) atoms. The summed E-state index contributed by atoms with van der Waals surface area (Å²) in [5.41, 5.74) is 9.82. The van der Waals surface area contributed by atoms with E-state index in [-0.39, 0.29) is 0 Å². The molecule has 0 spiro atoms. The molecule has 2 nitrogen and oxygen atoms in total. The summed E-state index contributed by atoms with van der Waals surface area (Å²) in [6, 6.07) is 7.63. The van der Waals surface area contributed by atoms with Crippen LogP contribution in [0.15, 0.2) is 41.5 Å². The van der Waals surface area contributed by atoms with E-state index in [1.165, 1.54) is 5.56 Å². The smallest absolute Gasteiger partial charge is 0.0850 e. The van der Waals surface area contributed by atoms with Gasteiger partial charge in [0.15, 0.2) is 0 Å². The Hall–Kier alpha value is -1.44. The summed E-state index contributed by atoms with van der Waals surface area (Å²) in [6.07, 6.45) is 0.901. The van der Waals surface area contributed by atoms with Gasteiger partial charge < -0.3 is 0 Å². The highest BCUT2D eigenvalue weighted by Crippen LogP contribution is 2.14. The van der Waals surface area contributed by atoms with Gasteiger partial charge in [0.25, 0.3) is 0 Å². The van der Waals surface area contributed by atoms with Gasteiger partial charge in [-0.05, 0) is 31.0 Å². The van der Waals surface area contributed by atoms with E-state index >= 15 is 0 Å². The summed E-state index contributed by atoms with van der Waals surface area (Å²) in [5, 5.41) is 3.32. The van der Waals surface area contributed by atoms with Crippen molar-refractivity contribution in [1.29, 1.82) is 5.53 Å². The zero-order valence-electron chi connectivity index (χ0n) is 7.17. The molecule has 0 unspecified atom stereocenters. The molecule has 62 valence electrons. The maximum atomic E-state index is 6.76. The molecule has 0 aliphatic heterocycles.